The van der Waals surface area contributed by atoms with Gasteiger partial charge in [0.25, 0.3) is 0 Å². The molecule has 0 spiro atoms. The predicted molar refractivity (Wildman–Crippen MR) is 44.0 cm³/mol. The third-order valence-electron chi connectivity index (χ3n) is 1.34. The lowest BCUT2D eigenvalue weighted by Gasteiger charge is -2.00. The third-order valence-corrected chi connectivity index (χ3v) is 1.34. The van der Waals surface area contributed by atoms with Crippen molar-refractivity contribution < 1.29 is 9.53 Å². The smallest absolute Gasteiger partial charge is 0.241 e. The van der Waals surface area contributed by atoms with Gasteiger partial charge in [-0.3, -0.25) is 4.79 Å². The number of hydrogen-bond donors (Lipinski definition) is 0. The van der Waals surface area contributed by atoms with Gasteiger partial charge in [0.15, 0.2) is 0 Å². The first-order valence-electron chi connectivity index (χ1n) is 3.29. The van der Waals surface area contributed by atoms with Crippen molar-refractivity contribution >= 4 is 5.78 Å². The van der Waals surface area contributed by atoms with Crippen LogP contribution in [0.3, 0.4) is 0 Å². The molecule has 0 saturated heterocycles. The van der Waals surface area contributed by atoms with Gasteiger partial charge in [-0.25, -0.2) is 4.98 Å². The number of rotatable bonds is 2. The monoisotopic (exact) mass is 161 g/mol. The number of Topliss-reactive ketones (excluding diaryl/α,β-unsaturated/α-hetero) is 1. The molecule has 0 amide bonds. The maximum atomic E-state index is 11.0. The van der Waals surface area contributed by atoms with Gasteiger partial charge in [0.05, 0.1) is 12.7 Å². The molecule has 0 aromatic carbocycles. The largest absolute Gasteiger partial charge is 0.480 e. The van der Waals surface area contributed by atoms with Gasteiger partial charge in [-0.2, -0.15) is 0 Å². The molecule has 0 atom stereocenters. The molecule has 1 rings (SSSR count). The fourth-order valence-electron chi connectivity index (χ4n) is 0.804. The number of nitrogens with zero attached hydrogens (tertiary/aromatic N) is 1. The van der Waals surface area contributed by atoms with Gasteiger partial charge >= 0.3 is 0 Å². The molecule has 3 heteroatoms. The topological polar surface area (TPSA) is 39.2 Å². The Kier molecular flexibility index (Phi) is 2.44. The van der Waals surface area contributed by atoms with Crippen LogP contribution < -0.4 is 4.74 Å². The van der Waals surface area contributed by atoms with Gasteiger partial charge in [0.2, 0.25) is 11.7 Å². The van der Waals surface area contributed by atoms with Crippen molar-refractivity contribution in [3.05, 3.63) is 23.9 Å². The number of terminal acetylenes is 1. The van der Waals surface area contributed by atoms with Crippen molar-refractivity contribution in [3.8, 4) is 18.2 Å². The summed E-state index contributed by atoms with van der Waals surface area (Å²) < 4.78 is 4.84. The Labute approximate surface area is 70.4 Å². The van der Waals surface area contributed by atoms with Crippen LogP contribution in [0.1, 0.15) is 10.4 Å². The number of hydrogen-bond acceptors (Lipinski definition) is 3. The second-order valence-corrected chi connectivity index (χ2v) is 2.03. The molecule has 60 valence electrons. The molecule has 0 fully saturated rings. The zero-order chi connectivity index (χ0) is 8.97. The van der Waals surface area contributed by atoms with E-state index < -0.39 is 5.78 Å². The Morgan fingerprint density at radius 2 is 2.50 bits per heavy atom. The van der Waals surface area contributed by atoms with Crippen LogP contribution >= 0.6 is 0 Å². The predicted octanol–water partition coefficient (Wildman–Crippen LogP) is 0.906. The van der Waals surface area contributed by atoms with E-state index in [4.69, 9.17) is 11.2 Å². The molecule has 0 radical (unpaired) electrons. The fourth-order valence-corrected chi connectivity index (χ4v) is 0.804. The summed E-state index contributed by atoms with van der Waals surface area (Å²) in [5.74, 6) is 1.84. The van der Waals surface area contributed by atoms with Crippen molar-refractivity contribution in [1.82, 2.24) is 4.98 Å². The molecule has 0 N–H and O–H groups in total. The number of carbonyl (C=O) groups is 1. The quantitative estimate of drug-likeness (QED) is 0.367. The maximum absolute atomic E-state index is 11.0. The number of pyridine rings is 1. The van der Waals surface area contributed by atoms with E-state index in [1.807, 2.05) is 5.92 Å². The number of ketones is 1. The van der Waals surface area contributed by atoms with E-state index in [0.717, 1.165) is 0 Å². The molecule has 1 aromatic rings. The van der Waals surface area contributed by atoms with Crippen LogP contribution in [0.25, 0.3) is 0 Å². The number of aromatic nitrogens is 1. The Bertz CT molecular complexity index is 339. The maximum Gasteiger partial charge on any atom is 0.241 e. The van der Waals surface area contributed by atoms with Crippen LogP contribution in [-0.2, 0) is 0 Å². The van der Waals surface area contributed by atoms with Crippen molar-refractivity contribution in [3.63, 3.8) is 0 Å². The summed E-state index contributed by atoms with van der Waals surface area (Å²) >= 11 is 0. The van der Waals surface area contributed by atoms with E-state index in [1.165, 1.54) is 13.3 Å². The van der Waals surface area contributed by atoms with Crippen molar-refractivity contribution in [2.45, 2.75) is 0 Å². The van der Waals surface area contributed by atoms with Crippen molar-refractivity contribution in [1.29, 1.82) is 0 Å². The molecule has 1 aromatic heterocycles. The second kappa shape index (κ2) is 3.54. The summed E-state index contributed by atoms with van der Waals surface area (Å²) in [6.45, 7) is 0. The van der Waals surface area contributed by atoms with Gasteiger partial charge in [-0.05, 0) is 18.1 Å². The Hall–Kier alpha value is -1.82. The van der Waals surface area contributed by atoms with Crippen LogP contribution in [0.2, 0.25) is 0 Å². The molecule has 0 aliphatic carbocycles. The zero-order valence-corrected chi connectivity index (χ0v) is 6.57. The summed E-state index contributed by atoms with van der Waals surface area (Å²) in [5.41, 5.74) is 0.322. The molecule has 0 saturated carbocycles. The van der Waals surface area contributed by atoms with Crippen LogP contribution in [-0.4, -0.2) is 17.9 Å². The Morgan fingerprint density at radius 3 is 3.08 bits per heavy atom. The number of carbonyl (C=O) groups excluding carboxylic acids is 1. The van der Waals surface area contributed by atoms with E-state index >= 15 is 0 Å². The fraction of sp³-hybridized carbons (Fsp3) is 0.111. The average molecular weight is 161 g/mol. The minimum Gasteiger partial charge on any atom is -0.480 e. The highest BCUT2D eigenvalue weighted by Gasteiger charge is 2.08. The van der Waals surface area contributed by atoms with Crippen molar-refractivity contribution in [2.24, 2.45) is 0 Å². The van der Waals surface area contributed by atoms with Gasteiger partial charge < -0.3 is 4.74 Å². The summed E-state index contributed by atoms with van der Waals surface area (Å²) in [5, 5.41) is 0. The molecule has 3 nitrogen and oxygen atoms in total. The van der Waals surface area contributed by atoms with Gasteiger partial charge in [-0.1, -0.05) is 0 Å². The molecule has 0 unspecified atom stereocenters. The lowest BCUT2D eigenvalue weighted by molar-refractivity contribution is 0.105. The van der Waals surface area contributed by atoms with Crippen LogP contribution in [0.5, 0.6) is 5.88 Å². The molecule has 0 bridgehead atoms. The second-order valence-electron chi connectivity index (χ2n) is 2.03. The standard InChI is InChI=1S/C9H7NO2/c1-3-8(11)7-5-4-6-10-9(7)12-2/h1,4-6H,2H3. The lowest BCUT2D eigenvalue weighted by Crippen LogP contribution is -2.00. The van der Waals surface area contributed by atoms with E-state index in [9.17, 15) is 4.79 Å². The first kappa shape index (κ1) is 8.28. The minimum atomic E-state index is -0.417. The summed E-state index contributed by atoms with van der Waals surface area (Å²) in [6.07, 6.45) is 6.48. The summed E-state index contributed by atoms with van der Waals surface area (Å²) in [7, 11) is 1.44. The first-order valence-corrected chi connectivity index (χ1v) is 3.29. The summed E-state index contributed by atoms with van der Waals surface area (Å²) in [4.78, 5) is 14.9. The molecule has 0 aliphatic rings. The highest BCUT2D eigenvalue weighted by Crippen LogP contribution is 2.13. The van der Waals surface area contributed by atoms with Gasteiger partial charge in [-0.15, -0.1) is 6.42 Å². The van der Waals surface area contributed by atoms with E-state index in [1.54, 1.807) is 12.1 Å². The Morgan fingerprint density at radius 1 is 1.75 bits per heavy atom. The van der Waals surface area contributed by atoms with Crippen LogP contribution in [0.15, 0.2) is 18.3 Å². The normalized spacial score (nSPS) is 8.67. The average Bonchev–Trinajstić information content (AvgIpc) is 2.16. The van der Waals surface area contributed by atoms with Gasteiger partial charge in [0, 0.05) is 6.20 Å². The molecule has 12 heavy (non-hydrogen) atoms. The summed E-state index contributed by atoms with van der Waals surface area (Å²) in [6, 6.07) is 3.21. The SMILES string of the molecule is C#CC(=O)c1cccnc1OC. The number of ether oxygens (including phenoxy) is 1. The molecule has 1 heterocycles. The molecule has 0 aliphatic heterocycles. The van der Waals surface area contributed by atoms with E-state index in [2.05, 4.69) is 4.98 Å². The highest BCUT2D eigenvalue weighted by molar-refractivity contribution is 6.10. The zero-order valence-electron chi connectivity index (χ0n) is 6.57. The highest BCUT2D eigenvalue weighted by atomic mass is 16.5. The van der Waals surface area contributed by atoms with Crippen LogP contribution in [0, 0.1) is 12.3 Å². The molecular weight excluding hydrogens is 154 g/mol. The lowest BCUT2D eigenvalue weighted by atomic mass is 10.2. The number of methoxy groups -OCH3 is 1. The van der Waals surface area contributed by atoms with E-state index in [0.29, 0.717) is 5.56 Å². The van der Waals surface area contributed by atoms with E-state index in [-0.39, 0.29) is 5.88 Å². The first-order chi connectivity index (χ1) is 5.79. The van der Waals surface area contributed by atoms with Crippen molar-refractivity contribution in [2.75, 3.05) is 7.11 Å². The third kappa shape index (κ3) is 1.43. The van der Waals surface area contributed by atoms with Gasteiger partial charge in [0.1, 0.15) is 0 Å². The Balaban J connectivity index is 3.15. The van der Waals surface area contributed by atoms with Crippen LogP contribution in [0.4, 0.5) is 0 Å². The molecular formula is C9H7NO2. The minimum absolute atomic E-state index is 0.264.